The third kappa shape index (κ3) is 3.04. The lowest BCUT2D eigenvalue weighted by Crippen LogP contribution is -2.28. The van der Waals surface area contributed by atoms with E-state index >= 15 is 0 Å². The topological polar surface area (TPSA) is 47.7 Å². The molecular weight excluding hydrogens is 238 g/mol. The first-order chi connectivity index (χ1) is 9.43. The summed E-state index contributed by atoms with van der Waals surface area (Å²) in [6.07, 6.45) is 14.6. The summed E-state index contributed by atoms with van der Waals surface area (Å²) >= 11 is 0. The van der Waals surface area contributed by atoms with E-state index in [-0.39, 0.29) is 0 Å². The summed E-state index contributed by atoms with van der Waals surface area (Å²) in [5.74, 6) is 0. The van der Waals surface area contributed by atoms with Crippen LogP contribution in [-0.2, 0) is 13.1 Å². The van der Waals surface area contributed by atoms with Gasteiger partial charge in [0.25, 0.3) is 0 Å². The Hall–Kier alpha value is -1.62. The highest BCUT2D eigenvalue weighted by Crippen LogP contribution is 2.22. The maximum atomic E-state index is 4.32. The predicted molar refractivity (Wildman–Crippen MR) is 73.7 cm³/mol. The van der Waals surface area contributed by atoms with Crippen LogP contribution in [-0.4, -0.2) is 25.6 Å². The molecule has 1 aliphatic heterocycles. The van der Waals surface area contributed by atoms with Crippen molar-refractivity contribution >= 4 is 0 Å². The van der Waals surface area contributed by atoms with E-state index in [1.165, 1.54) is 25.0 Å². The predicted octanol–water partition coefficient (Wildman–Crippen LogP) is 1.98. The number of aromatic nitrogens is 4. The highest BCUT2D eigenvalue weighted by atomic mass is 15.1. The van der Waals surface area contributed by atoms with E-state index in [9.17, 15) is 0 Å². The molecule has 19 heavy (non-hydrogen) atoms. The average molecular weight is 259 g/mol. The molecule has 0 saturated carbocycles. The molecule has 0 radical (unpaired) electrons. The molecule has 5 nitrogen and oxygen atoms in total. The molecule has 2 aromatic rings. The number of hydrogen-bond acceptors (Lipinski definition) is 3. The van der Waals surface area contributed by atoms with Crippen LogP contribution in [0.4, 0.5) is 0 Å². The van der Waals surface area contributed by atoms with Crippen LogP contribution in [0.25, 0.3) is 0 Å². The zero-order valence-electron chi connectivity index (χ0n) is 11.2. The summed E-state index contributed by atoms with van der Waals surface area (Å²) in [6, 6.07) is 0.490. The van der Waals surface area contributed by atoms with E-state index < -0.39 is 0 Å². The summed E-state index contributed by atoms with van der Waals surface area (Å²) in [5, 5.41) is 3.59. The van der Waals surface area contributed by atoms with Crippen LogP contribution >= 0.6 is 0 Å². The van der Waals surface area contributed by atoms with Crippen molar-refractivity contribution in [1.82, 2.24) is 24.4 Å². The fourth-order valence-electron chi connectivity index (χ4n) is 2.75. The van der Waals surface area contributed by atoms with Crippen LogP contribution in [0, 0.1) is 0 Å². The average Bonchev–Trinajstić information content (AvgIpc) is 3.11. The van der Waals surface area contributed by atoms with Gasteiger partial charge >= 0.3 is 0 Å². The van der Waals surface area contributed by atoms with Crippen molar-refractivity contribution in [1.29, 1.82) is 0 Å². The van der Waals surface area contributed by atoms with Crippen molar-refractivity contribution in [2.75, 3.05) is 6.54 Å². The monoisotopic (exact) mass is 259 g/mol. The zero-order valence-corrected chi connectivity index (χ0v) is 11.2. The number of nitrogens with one attached hydrogen (secondary N) is 1. The van der Waals surface area contributed by atoms with Gasteiger partial charge in [0.05, 0.1) is 18.3 Å². The third-order valence-corrected chi connectivity index (χ3v) is 3.79. The van der Waals surface area contributed by atoms with Crippen molar-refractivity contribution < 1.29 is 0 Å². The molecule has 1 saturated heterocycles. The highest BCUT2D eigenvalue weighted by Gasteiger charge is 2.17. The lowest BCUT2D eigenvalue weighted by Gasteiger charge is -2.24. The molecule has 0 spiro atoms. The molecule has 0 amide bonds. The minimum atomic E-state index is 0.490. The van der Waals surface area contributed by atoms with Gasteiger partial charge in [-0.05, 0) is 25.8 Å². The smallest absolute Gasteiger partial charge is 0.0948 e. The second kappa shape index (κ2) is 6.02. The van der Waals surface area contributed by atoms with Gasteiger partial charge in [0.15, 0.2) is 0 Å². The molecule has 3 heterocycles. The molecule has 5 heteroatoms. The van der Waals surface area contributed by atoms with Gasteiger partial charge in [-0.1, -0.05) is 6.42 Å². The van der Waals surface area contributed by atoms with Gasteiger partial charge in [0.2, 0.25) is 0 Å². The number of piperidine rings is 1. The second-order valence-corrected chi connectivity index (χ2v) is 5.17. The number of aryl methyl sites for hydroxylation is 2. The van der Waals surface area contributed by atoms with Crippen molar-refractivity contribution in [2.24, 2.45) is 0 Å². The van der Waals surface area contributed by atoms with Gasteiger partial charge in [-0.2, -0.15) is 0 Å². The van der Waals surface area contributed by atoms with Gasteiger partial charge in [0, 0.05) is 37.7 Å². The van der Waals surface area contributed by atoms with Crippen LogP contribution in [0.5, 0.6) is 0 Å². The quantitative estimate of drug-likeness (QED) is 0.893. The Morgan fingerprint density at radius 2 is 2.21 bits per heavy atom. The maximum Gasteiger partial charge on any atom is 0.0948 e. The normalized spacial score (nSPS) is 19.7. The summed E-state index contributed by atoms with van der Waals surface area (Å²) in [4.78, 5) is 8.38. The van der Waals surface area contributed by atoms with Gasteiger partial charge in [-0.3, -0.25) is 0 Å². The molecule has 102 valence electrons. The van der Waals surface area contributed by atoms with E-state index in [1.807, 2.05) is 31.2 Å². The highest BCUT2D eigenvalue weighted by molar-refractivity contribution is 5.06. The zero-order chi connectivity index (χ0) is 12.9. The van der Waals surface area contributed by atoms with E-state index in [0.717, 1.165) is 26.1 Å². The Morgan fingerprint density at radius 1 is 1.21 bits per heavy atom. The first kappa shape index (κ1) is 12.4. The summed E-state index contributed by atoms with van der Waals surface area (Å²) < 4.78 is 4.41. The molecular formula is C14H21N5. The largest absolute Gasteiger partial charge is 0.337 e. The van der Waals surface area contributed by atoms with Crippen LogP contribution < -0.4 is 5.32 Å². The summed E-state index contributed by atoms with van der Waals surface area (Å²) in [7, 11) is 0. The fraction of sp³-hybridized carbons (Fsp3) is 0.571. The Kier molecular flexibility index (Phi) is 3.93. The molecule has 1 atom stereocenters. The first-order valence-electron chi connectivity index (χ1n) is 7.12. The van der Waals surface area contributed by atoms with Crippen LogP contribution in [0.15, 0.2) is 31.2 Å². The SMILES string of the molecule is c1cn(CCCn2cncc2C2CCCCN2)cn1. The molecule has 3 rings (SSSR count). The standard InChI is InChI=1S/C14H21N5/c1-2-5-17-13(4-1)14-10-16-12-19(14)8-3-7-18-9-6-15-11-18/h6,9-13,17H,1-5,7-8H2. The fourth-order valence-corrected chi connectivity index (χ4v) is 2.75. The number of hydrogen-bond donors (Lipinski definition) is 1. The molecule has 1 unspecified atom stereocenters. The van der Waals surface area contributed by atoms with Crippen molar-refractivity contribution in [3.8, 4) is 0 Å². The molecule has 0 aromatic carbocycles. The van der Waals surface area contributed by atoms with Crippen LogP contribution in [0.1, 0.15) is 37.4 Å². The minimum Gasteiger partial charge on any atom is -0.337 e. The molecule has 0 aliphatic carbocycles. The Labute approximate surface area is 113 Å². The van der Waals surface area contributed by atoms with Gasteiger partial charge in [-0.25, -0.2) is 9.97 Å². The molecule has 1 fully saturated rings. The number of imidazole rings is 2. The molecule has 2 aromatic heterocycles. The van der Waals surface area contributed by atoms with E-state index in [0.29, 0.717) is 6.04 Å². The van der Waals surface area contributed by atoms with E-state index in [4.69, 9.17) is 0 Å². The van der Waals surface area contributed by atoms with Gasteiger partial charge < -0.3 is 14.5 Å². The summed E-state index contributed by atoms with van der Waals surface area (Å²) in [6.45, 7) is 3.16. The summed E-state index contributed by atoms with van der Waals surface area (Å²) in [5.41, 5.74) is 1.34. The van der Waals surface area contributed by atoms with Crippen molar-refractivity contribution in [2.45, 2.75) is 44.8 Å². The molecule has 0 bridgehead atoms. The maximum absolute atomic E-state index is 4.32. The molecule has 1 N–H and O–H groups in total. The van der Waals surface area contributed by atoms with E-state index in [2.05, 4.69) is 24.4 Å². The van der Waals surface area contributed by atoms with Crippen LogP contribution in [0.2, 0.25) is 0 Å². The van der Waals surface area contributed by atoms with Gasteiger partial charge in [0.1, 0.15) is 0 Å². The van der Waals surface area contributed by atoms with E-state index in [1.54, 1.807) is 0 Å². The van der Waals surface area contributed by atoms with Gasteiger partial charge in [-0.15, -0.1) is 0 Å². The number of rotatable bonds is 5. The molecule has 1 aliphatic rings. The number of nitrogens with zero attached hydrogens (tertiary/aromatic N) is 4. The van der Waals surface area contributed by atoms with Crippen LogP contribution in [0.3, 0.4) is 0 Å². The third-order valence-electron chi connectivity index (χ3n) is 3.79. The second-order valence-electron chi connectivity index (χ2n) is 5.17. The lowest BCUT2D eigenvalue weighted by atomic mass is 10.0. The Bertz CT molecular complexity index is 482. The minimum absolute atomic E-state index is 0.490. The Morgan fingerprint density at radius 3 is 3.00 bits per heavy atom. The van der Waals surface area contributed by atoms with Crippen molar-refractivity contribution in [3.63, 3.8) is 0 Å². The first-order valence-corrected chi connectivity index (χ1v) is 7.12. The lowest BCUT2D eigenvalue weighted by molar-refractivity contribution is 0.390. The Balaban J connectivity index is 1.57. The van der Waals surface area contributed by atoms with Crippen molar-refractivity contribution in [3.05, 3.63) is 36.9 Å².